The molecule has 3 nitrogen and oxygen atoms in total. The summed E-state index contributed by atoms with van der Waals surface area (Å²) in [6.45, 7) is 0.470. The van der Waals surface area contributed by atoms with Gasteiger partial charge in [-0.1, -0.05) is 23.7 Å². The maximum Gasteiger partial charge on any atom is 0.144 e. The minimum atomic E-state index is 0.470. The zero-order valence-electron chi connectivity index (χ0n) is 11.1. The summed E-state index contributed by atoms with van der Waals surface area (Å²) in [7, 11) is 4.02. The molecule has 0 aromatic heterocycles. The number of nitrogens with two attached hydrogens (primary N) is 1. The fraction of sp³-hybridized carbons (Fsp3) is 0.200. The summed E-state index contributed by atoms with van der Waals surface area (Å²) >= 11 is 5.91. The lowest BCUT2D eigenvalue weighted by Crippen LogP contribution is -2.08. The molecule has 0 spiro atoms. The van der Waals surface area contributed by atoms with Crippen LogP contribution in [-0.4, -0.2) is 14.1 Å². The van der Waals surface area contributed by atoms with Crippen LogP contribution >= 0.6 is 11.6 Å². The van der Waals surface area contributed by atoms with E-state index in [1.807, 2.05) is 26.2 Å². The van der Waals surface area contributed by atoms with Gasteiger partial charge >= 0.3 is 0 Å². The molecule has 0 fully saturated rings. The highest BCUT2D eigenvalue weighted by atomic mass is 35.5. The van der Waals surface area contributed by atoms with E-state index < -0.39 is 0 Å². The molecule has 4 heteroatoms. The number of nitrogen functional groups attached to an aromatic ring is 1. The molecule has 2 N–H and O–H groups in total. The van der Waals surface area contributed by atoms with E-state index in [9.17, 15) is 0 Å². The van der Waals surface area contributed by atoms with Crippen LogP contribution in [0, 0.1) is 0 Å². The zero-order chi connectivity index (χ0) is 13.8. The lowest BCUT2D eigenvalue weighted by Gasteiger charge is -2.13. The maximum absolute atomic E-state index is 5.91. The molecule has 19 heavy (non-hydrogen) atoms. The predicted molar refractivity (Wildman–Crippen MR) is 81.0 cm³/mol. The van der Waals surface area contributed by atoms with Crippen molar-refractivity contribution in [2.75, 3.05) is 24.7 Å². The van der Waals surface area contributed by atoms with Crippen molar-refractivity contribution in [1.82, 2.24) is 0 Å². The third-order valence-corrected chi connectivity index (χ3v) is 3.06. The zero-order valence-corrected chi connectivity index (χ0v) is 11.8. The highest BCUT2D eigenvalue weighted by Gasteiger charge is 2.02. The van der Waals surface area contributed by atoms with E-state index in [1.165, 1.54) is 0 Å². The fourth-order valence-electron chi connectivity index (χ4n) is 1.68. The van der Waals surface area contributed by atoms with Gasteiger partial charge < -0.3 is 15.4 Å². The number of rotatable bonds is 4. The largest absolute Gasteiger partial charge is 0.487 e. The normalized spacial score (nSPS) is 10.3. The Kier molecular flexibility index (Phi) is 4.17. The molecule has 2 aromatic carbocycles. The van der Waals surface area contributed by atoms with E-state index in [1.54, 1.807) is 18.2 Å². The van der Waals surface area contributed by atoms with Gasteiger partial charge in [0.15, 0.2) is 0 Å². The van der Waals surface area contributed by atoms with Crippen molar-refractivity contribution in [1.29, 1.82) is 0 Å². The van der Waals surface area contributed by atoms with Crippen LogP contribution in [0.3, 0.4) is 0 Å². The molecule has 0 saturated heterocycles. The Balaban J connectivity index is 2.04. The Morgan fingerprint density at radius 2 is 1.79 bits per heavy atom. The summed E-state index contributed by atoms with van der Waals surface area (Å²) in [5.74, 6) is 0.615. The van der Waals surface area contributed by atoms with Gasteiger partial charge in [0.1, 0.15) is 12.4 Å². The summed E-state index contributed by atoms with van der Waals surface area (Å²) in [5.41, 5.74) is 8.67. The Hall–Kier alpha value is -1.87. The molecule has 0 heterocycles. The lowest BCUT2D eigenvalue weighted by molar-refractivity contribution is 0.308. The van der Waals surface area contributed by atoms with E-state index >= 15 is 0 Å². The molecular formula is C15H17ClN2O. The van der Waals surface area contributed by atoms with Crippen molar-refractivity contribution in [3.8, 4) is 5.75 Å². The molecule has 100 valence electrons. The van der Waals surface area contributed by atoms with E-state index in [0.29, 0.717) is 23.1 Å². The molecule has 0 radical (unpaired) electrons. The molecule has 0 aliphatic carbocycles. The Bertz CT molecular complexity index is 553. The third kappa shape index (κ3) is 3.55. The van der Waals surface area contributed by atoms with Gasteiger partial charge in [-0.3, -0.25) is 0 Å². The molecule has 0 bridgehead atoms. The number of nitrogens with zero attached hydrogens (tertiary/aromatic N) is 1. The molecule has 0 aliphatic heterocycles. The summed E-state index contributed by atoms with van der Waals surface area (Å²) in [5, 5.41) is 0.618. The van der Waals surface area contributed by atoms with Gasteiger partial charge in [0.05, 0.1) is 5.69 Å². The number of hydrogen-bond acceptors (Lipinski definition) is 3. The van der Waals surface area contributed by atoms with Crippen LogP contribution in [0.5, 0.6) is 5.75 Å². The van der Waals surface area contributed by atoms with Crippen LogP contribution in [0.25, 0.3) is 0 Å². The van der Waals surface area contributed by atoms with Crippen molar-refractivity contribution in [2.45, 2.75) is 6.61 Å². The third-order valence-electron chi connectivity index (χ3n) is 2.82. The van der Waals surface area contributed by atoms with Gasteiger partial charge in [0.2, 0.25) is 0 Å². The minimum absolute atomic E-state index is 0.470. The number of ether oxygens (including phenoxy) is 1. The first kappa shape index (κ1) is 13.6. The maximum atomic E-state index is 5.91. The second-order valence-corrected chi connectivity index (χ2v) is 4.97. The molecule has 2 aromatic rings. The minimum Gasteiger partial charge on any atom is -0.487 e. The lowest BCUT2D eigenvalue weighted by atomic mass is 10.2. The summed E-state index contributed by atoms with van der Waals surface area (Å²) in [6, 6.07) is 13.4. The van der Waals surface area contributed by atoms with Gasteiger partial charge in [0, 0.05) is 30.9 Å². The Labute approximate surface area is 118 Å². The first-order valence-electron chi connectivity index (χ1n) is 6.00. The highest BCUT2D eigenvalue weighted by Crippen LogP contribution is 2.26. The molecule has 2 rings (SSSR count). The molecule has 0 saturated carbocycles. The first-order chi connectivity index (χ1) is 9.06. The SMILES string of the molecule is CN(C)c1ccc(COc2cc(Cl)ccc2N)cc1. The number of benzene rings is 2. The topological polar surface area (TPSA) is 38.5 Å². The van der Waals surface area contributed by atoms with Crippen molar-refractivity contribution in [2.24, 2.45) is 0 Å². The quantitative estimate of drug-likeness (QED) is 0.868. The summed E-state index contributed by atoms with van der Waals surface area (Å²) in [6.07, 6.45) is 0. The van der Waals surface area contributed by atoms with Crippen molar-refractivity contribution < 1.29 is 4.74 Å². The van der Waals surface area contributed by atoms with Gasteiger partial charge in [-0.15, -0.1) is 0 Å². The number of anilines is 2. The van der Waals surface area contributed by atoms with Gasteiger partial charge in [-0.05, 0) is 29.8 Å². The van der Waals surface area contributed by atoms with Gasteiger partial charge in [0.25, 0.3) is 0 Å². The van der Waals surface area contributed by atoms with E-state index in [0.717, 1.165) is 11.3 Å². The molecule has 0 amide bonds. The van der Waals surface area contributed by atoms with Crippen LogP contribution in [-0.2, 0) is 6.61 Å². The molecule has 0 unspecified atom stereocenters. The van der Waals surface area contributed by atoms with E-state index in [2.05, 4.69) is 17.0 Å². The van der Waals surface area contributed by atoms with Crippen LogP contribution in [0.4, 0.5) is 11.4 Å². The van der Waals surface area contributed by atoms with Crippen LogP contribution < -0.4 is 15.4 Å². The van der Waals surface area contributed by atoms with Crippen molar-refractivity contribution in [3.05, 3.63) is 53.1 Å². The fourth-order valence-corrected chi connectivity index (χ4v) is 1.85. The van der Waals surface area contributed by atoms with Crippen LogP contribution in [0.1, 0.15) is 5.56 Å². The van der Waals surface area contributed by atoms with E-state index in [4.69, 9.17) is 22.1 Å². The average molecular weight is 277 g/mol. The molecule has 0 aliphatic rings. The Morgan fingerprint density at radius 3 is 2.42 bits per heavy atom. The van der Waals surface area contributed by atoms with Crippen LogP contribution in [0.15, 0.2) is 42.5 Å². The predicted octanol–water partition coefficient (Wildman–Crippen LogP) is 3.57. The molecule has 0 atom stereocenters. The van der Waals surface area contributed by atoms with Gasteiger partial charge in [-0.25, -0.2) is 0 Å². The highest BCUT2D eigenvalue weighted by molar-refractivity contribution is 6.30. The second-order valence-electron chi connectivity index (χ2n) is 4.53. The van der Waals surface area contributed by atoms with Crippen molar-refractivity contribution in [3.63, 3.8) is 0 Å². The van der Waals surface area contributed by atoms with Crippen molar-refractivity contribution >= 4 is 23.0 Å². The number of halogens is 1. The number of hydrogen-bond donors (Lipinski definition) is 1. The second kappa shape index (κ2) is 5.85. The van der Waals surface area contributed by atoms with Crippen LogP contribution in [0.2, 0.25) is 5.02 Å². The van der Waals surface area contributed by atoms with E-state index in [-0.39, 0.29) is 0 Å². The summed E-state index contributed by atoms with van der Waals surface area (Å²) in [4.78, 5) is 2.06. The van der Waals surface area contributed by atoms with Gasteiger partial charge in [-0.2, -0.15) is 0 Å². The standard InChI is InChI=1S/C15H17ClN2O/c1-18(2)13-6-3-11(4-7-13)10-19-15-9-12(16)5-8-14(15)17/h3-9H,10,17H2,1-2H3. The average Bonchev–Trinajstić information content (AvgIpc) is 2.40. The smallest absolute Gasteiger partial charge is 0.144 e. The monoisotopic (exact) mass is 276 g/mol. The first-order valence-corrected chi connectivity index (χ1v) is 6.38. The molecular weight excluding hydrogens is 260 g/mol. The Morgan fingerprint density at radius 1 is 1.11 bits per heavy atom. The summed E-state index contributed by atoms with van der Waals surface area (Å²) < 4.78 is 5.68.